The number of methoxy groups -OCH3 is 3. The molecule has 2 unspecified atom stereocenters. The van der Waals surface area contributed by atoms with Crippen LogP contribution in [0.5, 0.6) is 0 Å². The maximum atomic E-state index is 12.6. The van der Waals surface area contributed by atoms with E-state index in [1.807, 2.05) is 12.1 Å². The molecule has 3 aliphatic rings. The van der Waals surface area contributed by atoms with Crippen molar-refractivity contribution >= 4 is 28.7 Å². The van der Waals surface area contributed by atoms with E-state index in [2.05, 4.69) is 18.2 Å². The Balaban J connectivity index is 1.76. The second-order valence-electron chi connectivity index (χ2n) is 5.48. The molecule has 114 valence electrons. The molecule has 0 amide bonds. The highest BCUT2D eigenvalue weighted by Crippen LogP contribution is 2.67. The van der Waals surface area contributed by atoms with Gasteiger partial charge in [-0.25, -0.2) is 0 Å². The van der Waals surface area contributed by atoms with Gasteiger partial charge in [-0.2, -0.15) is 0 Å². The molecule has 2 aliphatic carbocycles. The quantitative estimate of drug-likeness (QED) is 0.475. The predicted octanol–water partition coefficient (Wildman–Crippen LogP) is 2.74. The topological polar surface area (TPSA) is 44.8 Å². The van der Waals surface area contributed by atoms with Gasteiger partial charge in [-0.15, -0.1) is 11.8 Å². The molecular formula is C17H16O4S. The summed E-state index contributed by atoms with van der Waals surface area (Å²) < 4.78 is 15.9. The van der Waals surface area contributed by atoms with Gasteiger partial charge in [0.2, 0.25) is 12.1 Å². The summed E-state index contributed by atoms with van der Waals surface area (Å²) in [5.41, 5.74) is 5.26. The second kappa shape index (κ2) is 4.80. The standard InChI is InChI=1S/C17H16O4S/c1-19-16(20-2)14(18)11-6-4-5-9-10-7-8-17(21-3)15(22-17)13(10)12(9)11/h4-8,15-16H,1-3H3. The van der Waals surface area contributed by atoms with Crippen molar-refractivity contribution in [1.29, 1.82) is 0 Å². The first-order chi connectivity index (χ1) is 10.7. The average molecular weight is 316 g/mol. The minimum absolute atomic E-state index is 0.142. The Morgan fingerprint density at radius 2 is 2.05 bits per heavy atom. The van der Waals surface area contributed by atoms with Crippen molar-refractivity contribution in [2.75, 3.05) is 21.3 Å². The number of carbonyl (C=O) groups excluding carboxylic acids is 1. The average Bonchev–Trinajstić information content (AvgIpc) is 3.25. The molecule has 1 heterocycles. The van der Waals surface area contributed by atoms with Crippen molar-refractivity contribution in [1.82, 2.24) is 0 Å². The van der Waals surface area contributed by atoms with Crippen molar-refractivity contribution in [3.63, 3.8) is 0 Å². The number of rotatable bonds is 5. The van der Waals surface area contributed by atoms with Gasteiger partial charge >= 0.3 is 0 Å². The minimum Gasteiger partial charge on any atom is -0.362 e. The highest BCUT2D eigenvalue weighted by molar-refractivity contribution is 8.09. The summed E-state index contributed by atoms with van der Waals surface area (Å²) in [6, 6.07) is 5.80. The molecule has 0 aromatic heterocycles. The van der Waals surface area contributed by atoms with Crippen LogP contribution >= 0.6 is 11.8 Å². The van der Waals surface area contributed by atoms with Gasteiger partial charge < -0.3 is 14.2 Å². The smallest absolute Gasteiger partial charge is 0.222 e. The molecule has 0 N–H and O–H groups in total. The fourth-order valence-electron chi connectivity index (χ4n) is 3.34. The van der Waals surface area contributed by atoms with Crippen LogP contribution < -0.4 is 0 Å². The maximum Gasteiger partial charge on any atom is 0.222 e. The minimum atomic E-state index is -0.866. The molecule has 22 heavy (non-hydrogen) atoms. The van der Waals surface area contributed by atoms with Crippen LogP contribution in [0.2, 0.25) is 0 Å². The van der Waals surface area contributed by atoms with Crippen LogP contribution in [-0.4, -0.2) is 43.6 Å². The summed E-state index contributed by atoms with van der Waals surface area (Å²) in [6.45, 7) is 0. The molecule has 0 radical (unpaired) electrons. The van der Waals surface area contributed by atoms with Gasteiger partial charge in [0.05, 0.1) is 5.25 Å². The van der Waals surface area contributed by atoms with E-state index in [1.54, 1.807) is 18.9 Å². The normalized spacial score (nSPS) is 27.2. The number of allylic oxidation sites excluding steroid dienone is 2. The fourth-order valence-corrected chi connectivity index (χ4v) is 4.54. The van der Waals surface area contributed by atoms with Gasteiger partial charge in [-0.3, -0.25) is 4.79 Å². The zero-order valence-corrected chi connectivity index (χ0v) is 13.4. The third-order valence-electron chi connectivity index (χ3n) is 4.50. The Morgan fingerprint density at radius 1 is 1.27 bits per heavy atom. The van der Waals surface area contributed by atoms with E-state index in [1.165, 1.54) is 25.4 Å². The number of hydrogen-bond donors (Lipinski definition) is 0. The summed E-state index contributed by atoms with van der Waals surface area (Å²) in [6.07, 6.45) is 3.36. The summed E-state index contributed by atoms with van der Waals surface area (Å²) in [5.74, 6) is -0.142. The molecule has 1 saturated heterocycles. The van der Waals surface area contributed by atoms with Gasteiger partial charge in [0.1, 0.15) is 4.93 Å². The zero-order valence-electron chi connectivity index (χ0n) is 12.6. The molecule has 5 heteroatoms. The van der Waals surface area contributed by atoms with E-state index in [0.717, 1.165) is 11.1 Å². The summed E-state index contributed by atoms with van der Waals surface area (Å²) in [7, 11) is 4.68. The second-order valence-corrected chi connectivity index (χ2v) is 6.82. The van der Waals surface area contributed by atoms with Crippen molar-refractivity contribution in [3.8, 4) is 0 Å². The molecule has 4 rings (SSSR count). The van der Waals surface area contributed by atoms with Crippen molar-refractivity contribution in [2.45, 2.75) is 16.5 Å². The van der Waals surface area contributed by atoms with E-state index < -0.39 is 6.29 Å². The van der Waals surface area contributed by atoms with Crippen LogP contribution in [0, 0.1) is 0 Å². The van der Waals surface area contributed by atoms with Gasteiger partial charge in [-0.1, -0.05) is 24.3 Å². The number of ether oxygens (including phenoxy) is 3. The SMILES string of the molecule is COC(OC)C(=O)c1cccc2c1C1=C2C=CC2(OC)SC12. The Bertz CT molecular complexity index is 732. The van der Waals surface area contributed by atoms with Gasteiger partial charge in [0.25, 0.3) is 0 Å². The number of Topliss-reactive ketones (excluding diaryl/α,β-unsaturated/α-hetero) is 1. The van der Waals surface area contributed by atoms with Gasteiger partial charge in [0.15, 0.2) is 0 Å². The number of benzene rings is 1. The Labute approximate surface area is 133 Å². The fraction of sp³-hybridized carbons (Fsp3) is 0.353. The Hall–Kier alpha value is -1.40. The lowest BCUT2D eigenvalue weighted by Crippen LogP contribution is -2.29. The molecule has 0 bridgehead atoms. The third-order valence-corrected chi connectivity index (χ3v) is 5.97. The molecule has 1 fully saturated rings. The molecule has 4 nitrogen and oxygen atoms in total. The van der Waals surface area contributed by atoms with Crippen molar-refractivity contribution in [2.24, 2.45) is 0 Å². The lowest BCUT2D eigenvalue weighted by Gasteiger charge is -2.32. The predicted molar refractivity (Wildman–Crippen MR) is 85.7 cm³/mol. The summed E-state index contributed by atoms with van der Waals surface area (Å²) in [5, 5.41) is 0.280. The number of hydrogen-bond acceptors (Lipinski definition) is 5. The Morgan fingerprint density at radius 3 is 2.73 bits per heavy atom. The number of ketones is 1. The molecule has 0 saturated carbocycles. The zero-order chi connectivity index (χ0) is 15.5. The highest BCUT2D eigenvalue weighted by atomic mass is 32.2. The van der Waals surface area contributed by atoms with Crippen LogP contribution in [0.4, 0.5) is 0 Å². The van der Waals surface area contributed by atoms with Crippen LogP contribution in [0.15, 0.2) is 30.4 Å². The molecule has 1 aromatic rings. The summed E-state index contributed by atoms with van der Waals surface area (Å²) in [4.78, 5) is 12.4. The first kappa shape index (κ1) is 14.2. The summed E-state index contributed by atoms with van der Waals surface area (Å²) >= 11 is 1.77. The van der Waals surface area contributed by atoms with E-state index in [0.29, 0.717) is 5.56 Å². The number of carbonyl (C=O) groups is 1. The third kappa shape index (κ3) is 1.68. The maximum absolute atomic E-state index is 12.6. The largest absolute Gasteiger partial charge is 0.362 e. The van der Waals surface area contributed by atoms with Crippen LogP contribution in [0.1, 0.15) is 21.5 Å². The first-order valence-corrected chi connectivity index (χ1v) is 7.94. The number of thioether (sulfide) groups is 1. The van der Waals surface area contributed by atoms with E-state index >= 15 is 0 Å². The van der Waals surface area contributed by atoms with E-state index in [4.69, 9.17) is 14.2 Å². The van der Waals surface area contributed by atoms with Gasteiger partial charge in [0, 0.05) is 26.9 Å². The number of fused-ring (bicyclic) bond motifs is 5. The highest BCUT2D eigenvalue weighted by Gasteiger charge is 2.61. The van der Waals surface area contributed by atoms with Crippen molar-refractivity contribution < 1.29 is 19.0 Å². The Kier molecular flexibility index (Phi) is 3.10. The van der Waals surface area contributed by atoms with Crippen LogP contribution in [0.25, 0.3) is 11.1 Å². The van der Waals surface area contributed by atoms with Gasteiger partial charge in [-0.05, 0) is 28.3 Å². The van der Waals surface area contributed by atoms with Crippen LogP contribution in [0.3, 0.4) is 0 Å². The van der Waals surface area contributed by atoms with E-state index in [-0.39, 0.29) is 16.0 Å². The van der Waals surface area contributed by atoms with Crippen molar-refractivity contribution in [3.05, 3.63) is 47.0 Å². The van der Waals surface area contributed by atoms with Crippen LogP contribution in [-0.2, 0) is 14.2 Å². The first-order valence-electron chi connectivity index (χ1n) is 7.06. The lowest BCUT2D eigenvalue weighted by molar-refractivity contribution is -0.0742. The molecule has 1 aliphatic heterocycles. The lowest BCUT2D eigenvalue weighted by atomic mass is 9.72. The monoisotopic (exact) mass is 316 g/mol. The molecule has 2 atom stereocenters. The molecule has 1 aromatic carbocycles. The molecule has 0 spiro atoms. The molecular weight excluding hydrogens is 300 g/mol. The van der Waals surface area contributed by atoms with E-state index in [9.17, 15) is 4.79 Å².